The van der Waals surface area contributed by atoms with Gasteiger partial charge in [0.15, 0.2) is 0 Å². The second-order valence-corrected chi connectivity index (χ2v) is 5.43. The molecule has 4 nitrogen and oxygen atoms in total. The van der Waals surface area contributed by atoms with Crippen molar-refractivity contribution in [2.75, 3.05) is 12.4 Å². The smallest absolute Gasteiger partial charge is 0.417 e. The molecule has 0 unspecified atom stereocenters. The number of esters is 1. The van der Waals surface area contributed by atoms with Crippen LogP contribution in [-0.4, -0.2) is 25.2 Å². The van der Waals surface area contributed by atoms with E-state index >= 15 is 0 Å². The van der Waals surface area contributed by atoms with E-state index in [9.17, 15) is 22.8 Å². The summed E-state index contributed by atoms with van der Waals surface area (Å²) in [5.74, 6) is -1.57. The Morgan fingerprint density at radius 2 is 1.69 bits per heavy atom. The number of alkyl halides is 3. The number of hydrogen-bond donors (Lipinski definition) is 1. The first-order valence-electron chi connectivity index (χ1n) is 7.56. The highest BCUT2D eigenvalue weighted by molar-refractivity contribution is 6.05. The Morgan fingerprint density at radius 3 is 2.27 bits per heavy atom. The highest BCUT2D eigenvalue weighted by Gasteiger charge is 2.35. The summed E-state index contributed by atoms with van der Waals surface area (Å²) in [5, 5.41) is 2.38. The summed E-state index contributed by atoms with van der Waals surface area (Å²) >= 11 is 0. The van der Waals surface area contributed by atoms with E-state index in [-0.39, 0.29) is 16.8 Å². The van der Waals surface area contributed by atoms with E-state index in [0.717, 1.165) is 0 Å². The van der Waals surface area contributed by atoms with Gasteiger partial charge in [0.05, 0.1) is 18.2 Å². The van der Waals surface area contributed by atoms with Crippen molar-refractivity contribution in [3.05, 3.63) is 71.3 Å². The van der Waals surface area contributed by atoms with E-state index in [4.69, 9.17) is 0 Å². The number of halogens is 3. The maximum Gasteiger partial charge on any atom is 0.417 e. The standard InChI is InChI=1S/C19H16F3NO3/c1-12-8-9-14(18(25)26-2)10-16(12)23-17(24)11-15(19(20,21)22)13-6-4-3-5-7-13/h3-11H,1-2H3,(H,23,24)/b15-11-. The van der Waals surface area contributed by atoms with Crippen LogP contribution in [-0.2, 0) is 9.53 Å². The van der Waals surface area contributed by atoms with Gasteiger partial charge in [-0.1, -0.05) is 36.4 Å². The maximum atomic E-state index is 13.3. The fraction of sp³-hybridized carbons (Fsp3) is 0.158. The molecule has 0 atom stereocenters. The van der Waals surface area contributed by atoms with Crippen LogP contribution in [0.25, 0.3) is 5.57 Å². The highest BCUT2D eigenvalue weighted by atomic mass is 19.4. The minimum atomic E-state index is -4.69. The number of ether oxygens (including phenoxy) is 1. The number of carbonyl (C=O) groups excluding carboxylic acids is 2. The monoisotopic (exact) mass is 363 g/mol. The molecule has 136 valence electrons. The zero-order chi connectivity index (χ0) is 19.3. The quantitative estimate of drug-likeness (QED) is 0.648. The highest BCUT2D eigenvalue weighted by Crippen LogP contribution is 2.33. The largest absolute Gasteiger partial charge is 0.465 e. The molecule has 0 fully saturated rings. The molecule has 1 N–H and O–H groups in total. The third-order valence-corrected chi connectivity index (χ3v) is 3.58. The third-order valence-electron chi connectivity index (χ3n) is 3.58. The lowest BCUT2D eigenvalue weighted by Crippen LogP contribution is -2.16. The Labute approximate surface area is 148 Å². The van der Waals surface area contributed by atoms with Gasteiger partial charge in [0, 0.05) is 11.8 Å². The fourth-order valence-electron chi connectivity index (χ4n) is 2.25. The molecule has 0 aliphatic carbocycles. The number of amides is 1. The molecular weight excluding hydrogens is 347 g/mol. The van der Waals surface area contributed by atoms with Gasteiger partial charge in [0.1, 0.15) is 0 Å². The van der Waals surface area contributed by atoms with E-state index in [0.29, 0.717) is 11.6 Å². The van der Waals surface area contributed by atoms with Crippen LogP contribution in [0, 0.1) is 6.92 Å². The Bertz CT molecular complexity index is 843. The minimum Gasteiger partial charge on any atom is -0.465 e. The van der Waals surface area contributed by atoms with Crippen LogP contribution >= 0.6 is 0 Å². The van der Waals surface area contributed by atoms with Gasteiger partial charge >= 0.3 is 12.1 Å². The molecule has 0 spiro atoms. The van der Waals surface area contributed by atoms with E-state index < -0.39 is 23.6 Å². The molecule has 0 aliphatic rings. The number of aryl methyl sites for hydroxylation is 1. The van der Waals surface area contributed by atoms with Gasteiger partial charge in [-0.15, -0.1) is 0 Å². The van der Waals surface area contributed by atoms with Gasteiger partial charge in [-0.25, -0.2) is 4.79 Å². The Kier molecular flexibility index (Phi) is 5.82. The van der Waals surface area contributed by atoms with Gasteiger partial charge in [-0.05, 0) is 30.2 Å². The molecule has 0 aliphatic heterocycles. The lowest BCUT2D eigenvalue weighted by atomic mass is 10.0. The van der Waals surface area contributed by atoms with Crippen LogP contribution < -0.4 is 5.32 Å². The van der Waals surface area contributed by atoms with Crippen LogP contribution in [0.4, 0.5) is 18.9 Å². The first kappa shape index (κ1) is 19.2. The van der Waals surface area contributed by atoms with Crippen molar-refractivity contribution < 1.29 is 27.5 Å². The molecule has 2 aromatic rings. The normalized spacial score (nSPS) is 11.8. The summed E-state index contributed by atoms with van der Waals surface area (Å²) in [5.41, 5.74) is -0.180. The van der Waals surface area contributed by atoms with Crippen LogP contribution in [0.2, 0.25) is 0 Å². The van der Waals surface area contributed by atoms with Gasteiger partial charge in [0.25, 0.3) is 0 Å². The number of benzene rings is 2. The van der Waals surface area contributed by atoms with E-state index in [2.05, 4.69) is 10.1 Å². The molecule has 2 rings (SSSR count). The van der Waals surface area contributed by atoms with Crippen molar-refractivity contribution in [2.24, 2.45) is 0 Å². The number of nitrogens with one attached hydrogen (secondary N) is 1. The molecule has 0 aromatic heterocycles. The summed E-state index contributed by atoms with van der Waals surface area (Å²) in [4.78, 5) is 23.7. The van der Waals surface area contributed by atoms with Crippen LogP contribution in [0.1, 0.15) is 21.5 Å². The molecule has 7 heteroatoms. The molecule has 0 bridgehead atoms. The Balaban J connectivity index is 2.33. The van der Waals surface area contributed by atoms with Crippen molar-refractivity contribution in [1.82, 2.24) is 0 Å². The number of rotatable bonds is 4. The van der Waals surface area contributed by atoms with Crippen molar-refractivity contribution in [3.8, 4) is 0 Å². The molecular formula is C19H16F3NO3. The predicted octanol–water partition coefficient (Wildman–Crippen LogP) is 4.37. The Morgan fingerprint density at radius 1 is 1.04 bits per heavy atom. The molecule has 0 saturated carbocycles. The van der Waals surface area contributed by atoms with E-state index in [1.165, 1.54) is 43.5 Å². The number of allylic oxidation sites excluding steroid dienone is 1. The molecule has 26 heavy (non-hydrogen) atoms. The number of methoxy groups -OCH3 is 1. The zero-order valence-electron chi connectivity index (χ0n) is 14.1. The average Bonchev–Trinajstić information content (AvgIpc) is 2.60. The molecule has 0 saturated heterocycles. The predicted molar refractivity (Wildman–Crippen MR) is 91.6 cm³/mol. The number of carbonyl (C=O) groups is 2. The van der Waals surface area contributed by atoms with Crippen molar-refractivity contribution in [2.45, 2.75) is 13.1 Å². The first-order chi connectivity index (χ1) is 12.2. The molecule has 0 heterocycles. The fourth-order valence-corrected chi connectivity index (χ4v) is 2.25. The van der Waals surface area contributed by atoms with Crippen LogP contribution in [0.3, 0.4) is 0 Å². The molecule has 0 radical (unpaired) electrons. The zero-order valence-corrected chi connectivity index (χ0v) is 14.1. The molecule has 2 aromatic carbocycles. The van der Waals surface area contributed by atoms with Crippen LogP contribution in [0.15, 0.2) is 54.6 Å². The summed E-state index contributed by atoms with van der Waals surface area (Å²) in [6, 6.07) is 11.5. The second kappa shape index (κ2) is 7.86. The maximum absolute atomic E-state index is 13.3. The van der Waals surface area contributed by atoms with Gasteiger partial charge < -0.3 is 10.1 Å². The average molecular weight is 363 g/mol. The van der Waals surface area contributed by atoms with Crippen molar-refractivity contribution in [1.29, 1.82) is 0 Å². The van der Waals surface area contributed by atoms with Crippen LogP contribution in [0.5, 0.6) is 0 Å². The Hall–Kier alpha value is -3.09. The lowest BCUT2D eigenvalue weighted by molar-refractivity contribution is -0.112. The number of hydrogen-bond acceptors (Lipinski definition) is 3. The summed E-state index contributed by atoms with van der Waals surface area (Å²) in [6.07, 6.45) is -4.19. The van der Waals surface area contributed by atoms with Crippen molar-refractivity contribution in [3.63, 3.8) is 0 Å². The minimum absolute atomic E-state index is 0.116. The third kappa shape index (κ3) is 4.72. The number of anilines is 1. The summed E-state index contributed by atoms with van der Waals surface area (Å²) in [6.45, 7) is 1.66. The van der Waals surface area contributed by atoms with Crippen molar-refractivity contribution >= 4 is 23.1 Å². The summed E-state index contributed by atoms with van der Waals surface area (Å²) < 4.78 is 44.5. The van der Waals surface area contributed by atoms with Gasteiger partial charge in [-0.3, -0.25) is 4.79 Å². The second-order valence-electron chi connectivity index (χ2n) is 5.43. The first-order valence-corrected chi connectivity index (χ1v) is 7.56. The van der Waals surface area contributed by atoms with Gasteiger partial charge in [0.2, 0.25) is 5.91 Å². The van der Waals surface area contributed by atoms with E-state index in [1.807, 2.05) is 0 Å². The van der Waals surface area contributed by atoms with E-state index in [1.54, 1.807) is 19.1 Å². The SMILES string of the molecule is COC(=O)c1ccc(C)c(NC(=O)/C=C(/c2ccccc2)C(F)(F)F)c1. The topological polar surface area (TPSA) is 55.4 Å². The van der Waals surface area contributed by atoms with Gasteiger partial charge in [-0.2, -0.15) is 13.2 Å². The molecule has 1 amide bonds. The summed E-state index contributed by atoms with van der Waals surface area (Å²) in [7, 11) is 1.21. The lowest BCUT2D eigenvalue weighted by Gasteiger charge is -2.13.